The molecule has 0 unspecified atom stereocenters. The van der Waals surface area contributed by atoms with E-state index in [0.29, 0.717) is 5.56 Å². The molecule has 18 heavy (non-hydrogen) atoms. The summed E-state index contributed by atoms with van der Waals surface area (Å²) in [4.78, 5) is 3.75. The Morgan fingerprint density at radius 2 is 1.89 bits per heavy atom. The first-order valence-corrected chi connectivity index (χ1v) is 8.99. The number of hydrogen-bond acceptors (Lipinski definition) is 5. The number of nitrogens with zero attached hydrogens (tertiary/aromatic N) is 1. The van der Waals surface area contributed by atoms with Crippen molar-refractivity contribution in [2.75, 3.05) is 22.5 Å². The zero-order valence-electron chi connectivity index (χ0n) is 9.84. The average Bonchev–Trinajstić information content (AvgIpc) is 2.20. The van der Waals surface area contributed by atoms with Gasteiger partial charge >= 0.3 is 0 Å². The zero-order chi connectivity index (χ0) is 14.0. The number of hydrogen-bond donors (Lipinski definition) is 1. The monoisotopic (exact) mass is 312 g/mol. The molecule has 1 rings (SSSR count). The molecule has 0 radical (unpaired) electrons. The van der Waals surface area contributed by atoms with E-state index >= 15 is 0 Å². The highest BCUT2D eigenvalue weighted by atomic mass is 35.5. The summed E-state index contributed by atoms with van der Waals surface area (Å²) in [6.07, 6.45) is 2.43. The zero-order valence-corrected chi connectivity index (χ0v) is 12.2. The van der Waals surface area contributed by atoms with E-state index in [-0.39, 0.29) is 10.8 Å². The van der Waals surface area contributed by atoms with Crippen molar-refractivity contribution in [2.45, 2.75) is 6.92 Å². The van der Waals surface area contributed by atoms with Gasteiger partial charge in [0.15, 0.2) is 5.15 Å². The van der Waals surface area contributed by atoms with Crippen LogP contribution >= 0.6 is 11.6 Å². The Kier molecular flexibility index (Phi) is 4.57. The first-order chi connectivity index (χ1) is 8.11. The van der Waals surface area contributed by atoms with Crippen molar-refractivity contribution < 1.29 is 16.8 Å². The second-order valence-corrected chi connectivity index (χ2v) is 8.30. The Hall–Kier alpha value is -0.860. The molecule has 1 aromatic rings. The minimum absolute atomic E-state index is 0.0259. The molecule has 0 saturated carbocycles. The van der Waals surface area contributed by atoms with Gasteiger partial charge in [-0.1, -0.05) is 11.6 Å². The molecule has 1 heterocycles. The summed E-state index contributed by atoms with van der Waals surface area (Å²) < 4.78 is 47.5. The van der Waals surface area contributed by atoms with E-state index in [2.05, 4.69) is 9.71 Å². The topological polar surface area (TPSA) is 93.2 Å². The standard InChI is InChI=1S/C9H13ClN2O4S2/c1-7-3-4-11-9(10)8(7)12-18(15,16)6-5-17(2,13)14/h3-4,12H,5-6H2,1-2H3. The van der Waals surface area contributed by atoms with Gasteiger partial charge in [-0.3, -0.25) is 4.72 Å². The Morgan fingerprint density at radius 3 is 2.39 bits per heavy atom. The average molecular weight is 313 g/mol. The van der Waals surface area contributed by atoms with Crippen LogP contribution in [0.4, 0.5) is 5.69 Å². The Bertz CT molecular complexity index is 620. The molecule has 0 bridgehead atoms. The number of anilines is 1. The number of aromatic nitrogens is 1. The largest absolute Gasteiger partial charge is 0.280 e. The third kappa shape index (κ3) is 4.79. The highest BCUT2D eigenvalue weighted by Crippen LogP contribution is 2.23. The van der Waals surface area contributed by atoms with E-state index in [0.717, 1.165) is 6.26 Å². The maximum atomic E-state index is 11.7. The summed E-state index contributed by atoms with van der Waals surface area (Å²) in [5.74, 6) is -0.963. The number of nitrogens with one attached hydrogen (secondary N) is 1. The summed E-state index contributed by atoms with van der Waals surface area (Å²) in [5.41, 5.74) is 0.783. The van der Waals surface area contributed by atoms with Crippen LogP contribution in [0.3, 0.4) is 0 Å². The number of sulfone groups is 1. The first kappa shape index (κ1) is 15.2. The lowest BCUT2D eigenvalue weighted by Gasteiger charge is -2.10. The molecule has 9 heteroatoms. The summed E-state index contributed by atoms with van der Waals surface area (Å²) >= 11 is 5.77. The quantitative estimate of drug-likeness (QED) is 0.813. The number of rotatable bonds is 5. The fourth-order valence-corrected chi connectivity index (χ4v) is 4.18. The van der Waals surface area contributed by atoms with Crippen molar-refractivity contribution in [3.05, 3.63) is 23.0 Å². The van der Waals surface area contributed by atoms with Gasteiger partial charge in [-0.05, 0) is 18.6 Å². The molecule has 0 atom stereocenters. The SMILES string of the molecule is Cc1ccnc(Cl)c1NS(=O)(=O)CCS(C)(=O)=O. The molecule has 1 aromatic heterocycles. The summed E-state index contributed by atoms with van der Waals surface area (Å²) in [5, 5.41) is 0.0259. The van der Waals surface area contributed by atoms with Crippen LogP contribution in [0.1, 0.15) is 5.56 Å². The molecule has 0 aliphatic heterocycles. The van der Waals surface area contributed by atoms with E-state index < -0.39 is 31.4 Å². The molecule has 6 nitrogen and oxygen atoms in total. The number of pyridine rings is 1. The lowest BCUT2D eigenvalue weighted by Crippen LogP contribution is -2.23. The minimum atomic E-state index is -3.77. The molecule has 0 aliphatic rings. The van der Waals surface area contributed by atoms with Gasteiger partial charge < -0.3 is 0 Å². The number of sulfonamides is 1. The Balaban J connectivity index is 2.90. The molecular formula is C9H13ClN2O4S2. The van der Waals surface area contributed by atoms with Crippen molar-refractivity contribution in [2.24, 2.45) is 0 Å². The van der Waals surface area contributed by atoms with Crippen LogP contribution in [0.5, 0.6) is 0 Å². The molecule has 1 N–H and O–H groups in total. The Labute approximate surface area is 111 Å². The van der Waals surface area contributed by atoms with E-state index in [4.69, 9.17) is 11.6 Å². The molecule has 0 fully saturated rings. The van der Waals surface area contributed by atoms with Crippen LogP contribution in [-0.2, 0) is 19.9 Å². The second kappa shape index (κ2) is 5.41. The van der Waals surface area contributed by atoms with Crippen molar-refractivity contribution >= 4 is 37.1 Å². The summed E-state index contributed by atoms with van der Waals surface area (Å²) in [6.45, 7) is 1.67. The predicted octanol–water partition coefficient (Wildman–Crippen LogP) is 0.830. The minimum Gasteiger partial charge on any atom is -0.280 e. The summed E-state index contributed by atoms with van der Waals surface area (Å²) in [6, 6.07) is 1.60. The molecule has 0 amide bonds. The Morgan fingerprint density at radius 1 is 1.28 bits per heavy atom. The van der Waals surface area contributed by atoms with Crippen molar-refractivity contribution in [1.29, 1.82) is 0 Å². The van der Waals surface area contributed by atoms with Gasteiger partial charge in [0.25, 0.3) is 0 Å². The van der Waals surface area contributed by atoms with Crippen molar-refractivity contribution in [1.82, 2.24) is 4.98 Å². The molecule has 0 aromatic carbocycles. The van der Waals surface area contributed by atoms with Gasteiger partial charge in [-0.25, -0.2) is 21.8 Å². The highest BCUT2D eigenvalue weighted by Gasteiger charge is 2.17. The highest BCUT2D eigenvalue weighted by molar-refractivity contribution is 7.95. The lowest BCUT2D eigenvalue weighted by molar-refractivity contribution is 0.593. The van der Waals surface area contributed by atoms with E-state index in [9.17, 15) is 16.8 Å². The summed E-state index contributed by atoms with van der Waals surface area (Å²) in [7, 11) is -7.10. The normalized spacial score (nSPS) is 12.4. The lowest BCUT2D eigenvalue weighted by atomic mass is 10.3. The van der Waals surface area contributed by atoms with Crippen LogP contribution in [0.25, 0.3) is 0 Å². The smallest absolute Gasteiger partial charge is 0.233 e. The second-order valence-electron chi connectivity index (χ2n) is 3.84. The number of halogens is 1. The molecule has 0 aliphatic carbocycles. The maximum Gasteiger partial charge on any atom is 0.233 e. The van der Waals surface area contributed by atoms with Gasteiger partial charge in [0, 0.05) is 12.5 Å². The number of aryl methyl sites for hydroxylation is 1. The van der Waals surface area contributed by atoms with E-state index in [1.807, 2.05) is 0 Å². The van der Waals surface area contributed by atoms with Crippen LogP contribution in [-0.4, -0.2) is 39.6 Å². The van der Waals surface area contributed by atoms with Gasteiger partial charge in [0.2, 0.25) is 10.0 Å². The third-order valence-corrected chi connectivity index (χ3v) is 4.84. The van der Waals surface area contributed by atoms with Gasteiger partial charge in [-0.15, -0.1) is 0 Å². The van der Waals surface area contributed by atoms with E-state index in [1.165, 1.54) is 6.20 Å². The van der Waals surface area contributed by atoms with Gasteiger partial charge in [-0.2, -0.15) is 0 Å². The first-order valence-electron chi connectivity index (χ1n) is 4.90. The fraction of sp³-hybridized carbons (Fsp3) is 0.444. The van der Waals surface area contributed by atoms with Crippen LogP contribution in [0, 0.1) is 6.92 Å². The maximum absolute atomic E-state index is 11.7. The van der Waals surface area contributed by atoms with Crippen LogP contribution < -0.4 is 4.72 Å². The molecule has 0 saturated heterocycles. The molecular weight excluding hydrogens is 300 g/mol. The van der Waals surface area contributed by atoms with Gasteiger partial charge in [0.1, 0.15) is 9.84 Å². The third-order valence-electron chi connectivity index (χ3n) is 2.09. The predicted molar refractivity (Wildman–Crippen MR) is 71.1 cm³/mol. The van der Waals surface area contributed by atoms with Crippen molar-refractivity contribution in [3.8, 4) is 0 Å². The van der Waals surface area contributed by atoms with Crippen molar-refractivity contribution in [3.63, 3.8) is 0 Å². The van der Waals surface area contributed by atoms with Crippen LogP contribution in [0.15, 0.2) is 12.3 Å². The fourth-order valence-electron chi connectivity index (χ4n) is 1.12. The van der Waals surface area contributed by atoms with Crippen LogP contribution in [0.2, 0.25) is 5.15 Å². The molecule has 0 spiro atoms. The van der Waals surface area contributed by atoms with E-state index in [1.54, 1.807) is 13.0 Å². The van der Waals surface area contributed by atoms with Gasteiger partial charge in [0.05, 0.1) is 17.2 Å². The molecule has 102 valence electrons.